The molecule has 0 unspecified atom stereocenters. The van der Waals surface area contributed by atoms with Gasteiger partial charge in [0.25, 0.3) is 0 Å². The molecule has 0 N–H and O–H groups in total. The molecule has 2 rings (SSSR count). The first-order chi connectivity index (χ1) is 10.2. The zero-order valence-corrected chi connectivity index (χ0v) is 12.7. The average molecular weight is 293 g/mol. The summed E-state index contributed by atoms with van der Waals surface area (Å²) in [5.41, 5.74) is 1.11. The van der Waals surface area contributed by atoms with Gasteiger partial charge >= 0.3 is 5.97 Å². The van der Waals surface area contributed by atoms with Crippen LogP contribution in [0.3, 0.4) is 0 Å². The van der Waals surface area contributed by atoms with Crippen molar-refractivity contribution < 1.29 is 14.3 Å². The lowest BCUT2D eigenvalue weighted by Crippen LogP contribution is -2.46. The van der Waals surface area contributed by atoms with Gasteiger partial charge in [-0.3, -0.25) is 9.69 Å². The van der Waals surface area contributed by atoms with E-state index in [2.05, 4.69) is 25.6 Å². The van der Waals surface area contributed by atoms with Crippen molar-refractivity contribution in [2.45, 2.75) is 13.0 Å². The Bertz CT molecular complexity index is 459. The molecule has 0 atom stereocenters. The number of nitrogens with zero attached hydrogens (tertiary/aromatic N) is 3. The van der Waals surface area contributed by atoms with Gasteiger partial charge < -0.3 is 14.4 Å². The summed E-state index contributed by atoms with van der Waals surface area (Å²) in [4.78, 5) is 20.1. The minimum Gasteiger partial charge on any atom is -0.481 e. The molecule has 1 aromatic rings. The molecule has 1 aliphatic heterocycles. The number of hydrogen-bond acceptors (Lipinski definition) is 6. The second-order valence-corrected chi connectivity index (χ2v) is 5.12. The van der Waals surface area contributed by atoms with Crippen LogP contribution >= 0.6 is 0 Å². The first-order valence-corrected chi connectivity index (χ1v) is 7.22. The van der Waals surface area contributed by atoms with Gasteiger partial charge in [0.15, 0.2) is 0 Å². The summed E-state index contributed by atoms with van der Waals surface area (Å²) in [6, 6.07) is 3.99. The van der Waals surface area contributed by atoms with Crippen molar-refractivity contribution in [2.75, 3.05) is 46.9 Å². The summed E-state index contributed by atoms with van der Waals surface area (Å²) in [7, 11) is 3.08. The molecule has 116 valence electrons. The van der Waals surface area contributed by atoms with E-state index in [1.807, 2.05) is 6.07 Å². The second kappa shape index (κ2) is 7.95. The van der Waals surface area contributed by atoms with Crippen LogP contribution in [0.1, 0.15) is 12.0 Å². The Morgan fingerprint density at radius 2 is 1.95 bits per heavy atom. The molecule has 0 bridgehead atoms. The Morgan fingerprint density at radius 1 is 1.24 bits per heavy atom. The van der Waals surface area contributed by atoms with Crippen LogP contribution < -0.4 is 4.74 Å². The van der Waals surface area contributed by atoms with E-state index in [1.165, 1.54) is 7.11 Å². The predicted octanol–water partition coefficient (Wildman–Crippen LogP) is 0.771. The summed E-state index contributed by atoms with van der Waals surface area (Å²) < 4.78 is 9.96. The van der Waals surface area contributed by atoms with Gasteiger partial charge in [-0.15, -0.1) is 0 Å². The Kier molecular flexibility index (Phi) is 5.95. The highest BCUT2D eigenvalue weighted by atomic mass is 16.5. The van der Waals surface area contributed by atoms with Gasteiger partial charge in [0, 0.05) is 51.0 Å². The third kappa shape index (κ3) is 4.68. The molecule has 1 aliphatic rings. The van der Waals surface area contributed by atoms with Crippen molar-refractivity contribution in [3.63, 3.8) is 0 Å². The first kappa shape index (κ1) is 15.7. The zero-order chi connectivity index (χ0) is 15.1. The molecule has 0 aromatic carbocycles. The van der Waals surface area contributed by atoms with Crippen molar-refractivity contribution in [1.29, 1.82) is 0 Å². The maximum absolute atomic E-state index is 11.2. The highest BCUT2D eigenvalue weighted by Crippen LogP contribution is 2.17. The predicted molar refractivity (Wildman–Crippen MR) is 79.1 cm³/mol. The molecule has 21 heavy (non-hydrogen) atoms. The van der Waals surface area contributed by atoms with Crippen LogP contribution in [-0.2, 0) is 16.1 Å². The average Bonchev–Trinajstić information content (AvgIpc) is 2.54. The summed E-state index contributed by atoms with van der Waals surface area (Å²) in [6.45, 7) is 5.54. The molecule has 0 saturated carbocycles. The van der Waals surface area contributed by atoms with Gasteiger partial charge in [-0.05, 0) is 6.07 Å². The van der Waals surface area contributed by atoms with Crippen LogP contribution in [0.25, 0.3) is 0 Å². The van der Waals surface area contributed by atoms with E-state index in [-0.39, 0.29) is 5.97 Å². The van der Waals surface area contributed by atoms with Gasteiger partial charge in [-0.2, -0.15) is 0 Å². The number of methoxy groups -OCH3 is 2. The van der Waals surface area contributed by atoms with Crippen LogP contribution in [-0.4, -0.2) is 67.7 Å². The Labute approximate surface area is 125 Å². The number of aromatic nitrogens is 1. The number of ether oxygens (including phenoxy) is 2. The monoisotopic (exact) mass is 293 g/mol. The van der Waals surface area contributed by atoms with Crippen molar-refractivity contribution >= 4 is 5.97 Å². The van der Waals surface area contributed by atoms with E-state index < -0.39 is 0 Å². The lowest BCUT2D eigenvalue weighted by atomic mass is 10.2. The quantitative estimate of drug-likeness (QED) is 0.722. The molecule has 0 aliphatic carbocycles. The van der Waals surface area contributed by atoms with Crippen molar-refractivity contribution in [1.82, 2.24) is 14.8 Å². The molecule has 6 nitrogen and oxygen atoms in total. The fraction of sp³-hybridized carbons (Fsp3) is 0.600. The number of esters is 1. The van der Waals surface area contributed by atoms with Crippen LogP contribution in [0.5, 0.6) is 5.88 Å². The van der Waals surface area contributed by atoms with Crippen LogP contribution in [0.4, 0.5) is 0 Å². The molecule has 1 saturated heterocycles. The maximum atomic E-state index is 11.2. The van der Waals surface area contributed by atoms with E-state index in [0.29, 0.717) is 12.3 Å². The summed E-state index contributed by atoms with van der Waals surface area (Å²) in [6.07, 6.45) is 2.21. The van der Waals surface area contributed by atoms with Gasteiger partial charge in [0.1, 0.15) is 0 Å². The fourth-order valence-electron chi connectivity index (χ4n) is 2.49. The van der Waals surface area contributed by atoms with E-state index in [4.69, 9.17) is 4.74 Å². The Hall–Kier alpha value is -1.66. The zero-order valence-electron chi connectivity index (χ0n) is 12.7. The van der Waals surface area contributed by atoms with Gasteiger partial charge in [-0.25, -0.2) is 4.98 Å². The second-order valence-electron chi connectivity index (χ2n) is 5.12. The smallest absolute Gasteiger partial charge is 0.306 e. The minimum absolute atomic E-state index is 0.141. The molecule has 0 amide bonds. The number of carbonyl (C=O) groups excluding carboxylic acids is 1. The summed E-state index contributed by atoms with van der Waals surface area (Å²) in [5, 5.41) is 0. The molecular formula is C15H23N3O3. The lowest BCUT2D eigenvalue weighted by Gasteiger charge is -2.34. The topological polar surface area (TPSA) is 54.9 Å². The number of hydrogen-bond donors (Lipinski definition) is 0. The van der Waals surface area contributed by atoms with Crippen LogP contribution in [0.2, 0.25) is 0 Å². The van der Waals surface area contributed by atoms with Crippen molar-refractivity contribution in [3.8, 4) is 5.88 Å². The van der Waals surface area contributed by atoms with Gasteiger partial charge in [0.05, 0.1) is 20.6 Å². The van der Waals surface area contributed by atoms with Crippen molar-refractivity contribution in [2.24, 2.45) is 0 Å². The largest absolute Gasteiger partial charge is 0.481 e. The Balaban J connectivity index is 1.77. The van der Waals surface area contributed by atoms with Crippen molar-refractivity contribution in [3.05, 3.63) is 23.9 Å². The van der Waals surface area contributed by atoms with E-state index in [9.17, 15) is 4.79 Å². The normalized spacial score (nSPS) is 16.7. The van der Waals surface area contributed by atoms with E-state index in [1.54, 1.807) is 13.3 Å². The molecule has 2 heterocycles. The molecule has 1 aromatic heterocycles. The number of piperazine rings is 1. The fourth-order valence-corrected chi connectivity index (χ4v) is 2.49. The SMILES string of the molecule is COC(=O)CCN1CCN(Cc2cccnc2OC)CC1. The molecule has 0 radical (unpaired) electrons. The molecule has 0 spiro atoms. The number of rotatable bonds is 6. The van der Waals surface area contributed by atoms with Gasteiger partial charge in [-0.1, -0.05) is 6.07 Å². The molecule has 1 fully saturated rings. The van der Waals surface area contributed by atoms with E-state index >= 15 is 0 Å². The standard InChI is InChI=1S/C15H23N3O3/c1-20-14(19)5-7-17-8-10-18(11-9-17)12-13-4-3-6-16-15(13)21-2/h3-4,6H,5,7-12H2,1-2H3. The third-order valence-corrected chi connectivity index (χ3v) is 3.76. The highest BCUT2D eigenvalue weighted by molar-refractivity contribution is 5.69. The first-order valence-electron chi connectivity index (χ1n) is 7.22. The molecule has 6 heteroatoms. The highest BCUT2D eigenvalue weighted by Gasteiger charge is 2.18. The number of pyridine rings is 1. The van der Waals surface area contributed by atoms with E-state index in [0.717, 1.165) is 44.8 Å². The Morgan fingerprint density at radius 3 is 2.62 bits per heavy atom. The summed E-state index contributed by atoms with van der Waals surface area (Å²) in [5.74, 6) is 0.558. The summed E-state index contributed by atoms with van der Waals surface area (Å²) >= 11 is 0. The van der Waals surface area contributed by atoms with Gasteiger partial charge in [0.2, 0.25) is 5.88 Å². The third-order valence-electron chi connectivity index (χ3n) is 3.76. The lowest BCUT2D eigenvalue weighted by molar-refractivity contribution is -0.141. The van der Waals surface area contributed by atoms with Crippen LogP contribution in [0, 0.1) is 0 Å². The minimum atomic E-state index is -0.141. The molecular weight excluding hydrogens is 270 g/mol. The maximum Gasteiger partial charge on any atom is 0.306 e. The number of carbonyl (C=O) groups is 1. The van der Waals surface area contributed by atoms with Crippen LogP contribution in [0.15, 0.2) is 18.3 Å².